The van der Waals surface area contributed by atoms with Gasteiger partial charge >= 0.3 is 12.0 Å². The smallest absolute Gasteiger partial charge is 0.323 e. The summed E-state index contributed by atoms with van der Waals surface area (Å²) >= 11 is 0. The average Bonchev–Trinajstić information content (AvgIpc) is 2.39. The van der Waals surface area contributed by atoms with Crippen LogP contribution in [0.3, 0.4) is 0 Å². The normalized spacial score (nSPS) is 9.40. The summed E-state index contributed by atoms with van der Waals surface area (Å²) in [4.78, 5) is 23.5. The van der Waals surface area contributed by atoms with E-state index in [0.717, 1.165) is 17.0 Å². The van der Waals surface area contributed by atoms with Crippen LogP contribution in [-0.4, -0.2) is 35.1 Å². The average molecular weight is 277 g/mol. The maximum absolute atomic E-state index is 13.0. The number of anilines is 1. The van der Waals surface area contributed by atoms with Crippen molar-refractivity contribution in [1.82, 2.24) is 4.90 Å². The zero-order valence-electron chi connectivity index (χ0n) is 10.5. The van der Waals surface area contributed by atoms with Gasteiger partial charge < -0.3 is 15.3 Å². The molecule has 1 rings (SSSR count). The largest absolute Gasteiger partial charge is 0.480 e. The molecule has 0 bridgehead atoms. The van der Waals surface area contributed by atoms with Gasteiger partial charge in [-0.15, -0.1) is 6.58 Å². The first-order valence-corrected chi connectivity index (χ1v) is 5.56. The predicted molar refractivity (Wildman–Crippen MR) is 69.5 cm³/mol. The monoisotopic (exact) mass is 277 g/mol. The van der Waals surface area contributed by atoms with Crippen molar-refractivity contribution in [2.45, 2.75) is 0 Å². The molecule has 20 heavy (non-hydrogen) atoms. The van der Waals surface area contributed by atoms with Crippen molar-refractivity contribution in [2.75, 3.05) is 18.4 Å². The van der Waals surface area contributed by atoms with Gasteiger partial charge in [0.2, 0.25) is 0 Å². The number of nitrogens with one attached hydrogen (secondary N) is 1. The molecule has 0 fully saturated rings. The second kappa shape index (κ2) is 6.89. The number of urea groups is 1. The minimum Gasteiger partial charge on any atom is -0.480 e. The molecule has 0 aliphatic rings. The van der Waals surface area contributed by atoms with Crippen molar-refractivity contribution in [3.8, 4) is 6.07 Å². The van der Waals surface area contributed by atoms with Crippen LogP contribution in [0.4, 0.5) is 14.9 Å². The molecule has 104 valence electrons. The number of carboxylic acid groups (broad SMARTS) is 1. The number of rotatable bonds is 5. The Morgan fingerprint density at radius 3 is 2.80 bits per heavy atom. The highest BCUT2D eigenvalue weighted by Crippen LogP contribution is 2.16. The van der Waals surface area contributed by atoms with Gasteiger partial charge in [-0.1, -0.05) is 6.08 Å². The van der Waals surface area contributed by atoms with Gasteiger partial charge in [0.25, 0.3) is 0 Å². The zero-order chi connectivity index (χ0) is 15.1. The molecule has 7 heteroatoms. The van der Waals surface area contributed by atoms with Crippen LogP contribution in [0, 0.1) is 17.1 Å². The molecule has 2 N–H and O–H groups in total. The van der Waals surface area contributed by atoms with E-state index in [-0.39, 0.29) is 17.8 Å². The van der Waals surface area contributed by atoms with Gasteiger partial charge in [0.15, 0.2) is 0 Å². The summed E-state index contributed by atoms with van der Waals surface area (Å²) in [6.45, 7) is 2.94. The number of benzene rings is 1. The Kier molecular flexibility index (Phi) is 5.23. The molecule has 0 atom stereocenters. The van der Waals surface area contributed by atoms with Gasteiger partial charge in [0.1, 0.15) is 18.4 Å². The molecule has 1 aromatic carbocycles. The summed E-state index contributed by atoms with van der Waals surface area (Å²) in [5.74, 6) is -1.78. The molecule has 2 amide bonds. The van der Waals surface area contributed by atoms with Crippen LogP contribution in [-0.2, 0) is 4.79 Å². The SMILES string of the molecule is C=CCN(CC(=O)O)C(=O)Nc1ccc(F)cc1C#N. The molecule has 0 heterocycles. The summed E-state index contributed by atoms with van der Waals surface area (Å²) in [5, 5.41) is 19.9. The number of nitriles is 1. The fourth-order valence-corrected chi connectivity index (χ4v) is 1.45. The lowest BCUT2D eigenvalue weighted by Crippen LogP contribution is -2.39. The van der Waals surface area contributed by atoms with Crippen LogP contribution in [0.2, 0.25) is 0 Å². The third kappa shape index (κ3) is 4.10. The van der Waals surface area contributed by atoms with Gasteiger partial charge in [0.05, 0.1) is 11.3 Å². The Bertz CT molecular complexity index is 581. The highest BCUT2D eigenvalue weighted by atomic mass is 19.1. The zero-order valence-corrected chi connectivity index (χ0v) is 10.5. The first-order chi connectivity index (χ1) is 9.47. The fraction of sp³-hybridized carbons (Fsp3) is 0.154. The Balaban J connectivity index is 2.90. The van der Waals surface area contributed by atoms with E-state index in [9.17, 15) is 14.0 Å². The van der Waals surface area contributed by atoms with Crippen LogP contribution in [0.1, 0.15) is 5.56 Å². The topological polar surface area (TPSA) is 93.4 Å². The van der Waals surface area contributed by atoms with Crippen molar-refractivity contribution in [2.24, 2.45) is 0 Å². The first-order valence-electron chi connectivity index (χ1n) is 5.56. The fourth-order valence-electron chi connectivity index (χ4n) is 1.45. The summed E-state index contributed by atoms with van der Waals surface area (Å²) in [6.07, 6.45) is 1.37. The van der Waals surface area contributed by atoms with Crippen molar-refractivity contribution in [3.05, 3.63) is 42.2 Å². The number of carboxylic acids is 1. The lowest BCUT2D eigenvalue weighted by molar-refractivity contribution is -0.137. The van der Waals surface area contributed by atoms with E-state index >= 15 is 0 Å². The van der Waals surface area contributed by atoms with Crippen LogP contribution in [0.25, 0.3) is 0 Å². The van der Waals surface area contributed by atoms with E-state index in [1.807, 2.05) is 0 Å². The maximum Gasteiger partial charge on any atom is 0.323 e. The van der Waals surface area contributed by atoms with Gasteiger partial charge in [-0.2, -0.15) is 5.26 Å². The molecule has 0 radical (unpaired) electrons. The summed E-state index contributed by atoms with van der Waals surface area (Å²) in [7, 11) is 0. The third-order valence-electron chi connectivity index (χ3n) is 2.31. The minimum atomic E-state index is -1.18. The van der Waals surface area contributed by atoms with E-state index in [4.69, 9.17) is 10.4 Å². The Labute approximate surface area is 114 Å². The molecule has 6 nitrogen and oxygen atoms in total. The molecule has 0 saturated carbocycles. The lowest BCUT2D eigenvalue weighted by atomic mass is 10.2. The highest BCUT2D eigenvalue weighted by Gasteiger charge is 2.16. The number of halogens is 1. The molecular formula is C13H12FN3O3. The Morgan fingerprint density at radius 2 is 2.25 bits per heavy atom. The molecule has 1 aromatic rings. The number of amides is 2. The molecule has 0 aliphatic heterocycles. The van der Waals surface area contributed by atoms with Crippen molar-refractivity contribution < 1.29 is 19.1 Å². The highest BCUT2D eigenvalue weighted by molar-refractivity contribution is 5.92. The van der Waals surface area contributed by atoms with E-state index in [1.165, 1.54) is 12.1 Å². The summed E-state index contributed by atoms with van der Waals surface area (Å²) in [6, 6.07) is 4.33. The van der Waals surface area contributed by atoms with Crippen molar-refractivity contribution >= 4 is 17.7 Å². The number of hydrogen-bond donors (Lipinski definition) is 2. The lowest BCUT2D eigenvalue weighted by Gasteiger charge is -2.19. The standard InChI is InChI=1S/C13H12FN3O3/c1-2-5-17(8-12(18)19)13(20)16-11-4-3-10(14)6-9(11)7-15/h2-4,6H,1,5,8H2,(H,16,20)(H,18,19). The van der Waals surface area contributed by atoms with Gasteiger partial charge in [-0.3, -0.25) is 4.79 Å². The first kappa shape index (κ1) is 15.2. The number of aliphatic carboxylic acids is 1. The second-order valence-corrected chi connectivity index (χ2v) is 3.79. The van der Waals surface area contributed by atoms with Crippen molar-refractivity contribution in [3.63, 3.8) is 0 Å². The molecule has 0 aliphatic carbocycles. The van der Waals surface area contributed by atoms with E-state index in [2.05, 4.69) is 11.9 Å². The summed E-state index contributed by atoms with van der Waals surface area (Å²) in [5.41, 5.74) is 0.0607. The van der Waals surface area contributed by atoms with E-state index in [0.29, 0.717) is 0 Å². The maximum atomic E-state index is 13.0. The van der Waals surface area contributed by atoms with Gasteiger partial charge in [-0.05, 0) is 18.2 Å². The second-order valence-electron chi connectivity index (χ2n) is 3.79. The van der Waals surface area contributed by atoms with E-state index in [1.54, 1.807) is 6.07 Å². The quantitative estimate of drug-likeness (QED) is 0.802. The van der Waals surface area contributed by atoms with Gasteiger partial charge in [0, 0.05) is 6.54 Å². The summed E-state index contributed by atoms with van der Waals surface area (Å²) < 4.78 is 13.0. The molecule has 0 saturated heterocycles. The Hall–Kier alpha value is -2.88. The third-order valence-corrected chi connectivity index (χ3v) is 2.31. The number of carbonyl (C=O) groups excluding carboxylic acids is 1. The minimum absolute atomic E-state index is 0.0290. The molecule has 0 spiro atoms. The number of carbonyl (C=O) groups is 2. The predicted octanol–water partition coefficient (Wildman–Crippen LogP) is 1.80. The van der Waals surface area contributed by atoms with Crippen molar-refractivity contribution in [1.29, 1.82) is 5.26 Å². The number of hydrogen-bond acceptors (Lipinski definition) is 3. The Morgan fingerprint density at radius 1 is 1.55 bits per heavy atom. The molecule has 0 unspecified atom stereocenters. The number of nitrogens with zero attached hydrogens (tertiary/aromatic N) is 2. The molecule has 0 aromatic heterocycles. The van der Waals surface area contributed by atoms with Crippen LogP contribution >= 0.6 is 0 Å². The van der Waals surface area contributed by atoms with Crippen LogP contribution in [0.15, 0.2) is 30.9 Å². The van der Waals surface area contributed by atoms with Gasteiger partial charge in [-0.25, -0.2) is 9.18 Å². The van der Waals surface area contributed by atoms with Crippen LogP contribution < -0.4 is 5.32 Å². The van der Waals surface area contributed by atoms with E-state index < -0.39 is 24.4 Å². The molecular weight excluding hydrogens is 265 g/mol. The van der Waals surface area contributed by atoms with Crippen LogP contribution in [0.5, 0.6) is 0 Å².